The topological polar surface area (TPSA) is 45.7 Å². The van der Waals surface area contributed by atoms with Gasteiger partial charge in [0.15, 0.2) is 5.96 Å². The Bertz CT molecular complexity index is 532. The van der Waals surface area contributed by atoms with Crippen LogP contribution in [0.2, 0.25) is 0 Å². The van der Waals surface area contributed by atoms with Crippen LogP contribution in [0, 0.1) is 0 Å². The van der Waals surface area contributed by atoms with Crippen LogP contribution in [-0.2, 0) is 17.6 Å². The van der Waals surface area contributed by atoms with Gasteiger partial charge in [0.05, 0.1) is 18.2 Å². The summed E-state index contributed by atoms with van der Waals surface area (Å²) in [6.45, 7) is 5.99. The van der Waals surface area contributed by atoms with E-state index in [1.807, 2.05) is 0 Å². The minimum atomic E-state index is 0. The van der Waals surface area contributed by atoms with Gasteiger partial charge in [0, 0.05) is 13.1 Å². The smallest absolute Gasteiger partial charge is 0.191 e. The standard InChI is InChI=1S/C19H29N3O.HI/c1-3-14-5-7-15(8-6-14)11-12-21-19(20-4-2)22-17-13-16-9-10-18(17)23-16;/h5-8,16-18H,3-4,9-13H2,1-2H3,(H2,20,21,22);1H. The van der Waals surface area contributed by atoms with Crippen LogP contribution >= 0.6 is 24.0 Å². The maximum atomic E-state index is 5.91. The van der Waals surface area contributed by atoms with Crippen molar-refractivity contribution in [2.75, 3.05) is 13.1 Å². The predicted molar refractivity (Wildman–Crippen MR) is 110 cm³/mol. The zero-order chi connectivity index (χ0) is 16.1. The molecule has 2 saturated heterocycles. The second-order valence-electron chi connectivity index (χ2n) is 6.54. The highest BCUT2D eigenvalue weighted by molar-refractivity contribution is 14.0. The maximum absolute atomic E-state index is 5.91. The summed E-state index contributed by atoms with van der Waals surface area (Å²) in [6.07, 6.45) is 6.46. The third-order valence-corrected chi connectivity index (χ3v) is 4.87. The third-order valence-electron chi connectivity index (χ3n) is 4.87. The van der Waals surface area contributed by atoms with Crippen molar-refractivity contribution in [3.05, 3.63) is 35.4 Å². The van der Waals surface area contributed by atoms with Gasteiger partial charge in [-0.3, -0.25) is 4.99 Å². The summed E-state index contributed by atoms with van der Waals surface area (Å²) in [5, 5.41) is 6.92. The number of benzene rings is 1. The third kappa shape index (κ3) is 5.09. The van der Waals surface area contributed by atoms with Gasteiger partial charge in [-0.05, 0) is 50.2 Å². The average molecular weight is 443 g/mol. The van der Waals surface area contributed by atoms with Crippen molar-refractivity contribution >= 4 is 29.9 Å². The molecular weight excluding hydrogens is 413 g/mol. The van der Waals surface area contributed by atoms with Crippen LogP contribution in [0.25, 0.3) is 0 Å². The Morgan fingerprint density at radius 1 is 1.17 bits per heavy atom. The molecule has 4 nitrogen and oxygen atoms in total. The molecule has 0 amide bonds. The Hall–Kier alpha value is -0.820. The van der Waals surface area contributed by atoms with E-state index in [0.717, 1.165) is 38.3 Å². The predicted octanol–water partition coefficient (Wildman–Crippen LogP) is 3.28. The summed E-state index contributed by atoms with van der Waals surface area (Å²) in [5.74, 6) is 0.929. The zero-order valence-corrected chi connectivity index (χ0v) is 17.1. The highest BCUT2D eigenvalue weighted by atomic mass is 127. The molecule has 5 heteroatoms. The first-order chi connectivity index (χ1) is 11.3. The average Bonchev–Trinajstić information content (AvgIpc) is 3.18. The Kier molecular flexibility index (Phi) is 7.81. The largest absolute Gasteiger partial charge is 0.373 e. The minimum Gasteiger partial charge on any atom is -0.373 e. The fourth-order valence-corrected chi connectivity index (χ4v) is 3.52. The normalized spacial score (nSPS) is 25.4. The highest BCUT2D eigenvalue weighted by Crippen LogP contribution is 2.34. The first kappa shape index (κ1) is 19.5. The molecule has 3 unspecified atom stereocenters. The van der Waals surface area contributed by atoms with Gasteiger partial charge in [0.2, 0.25) is 0 Å². The molecule has 2 aliphatic heterocycles. The van der Waals surface area contributed by atoms with Gasteiger partial charge < -0.3 is 15.4 Å². The van der Waals surface area contributed by atoms with E-state index in [9.17, 15) is 0 Å². The first-order valence-corrected chi connectivity index (χ1v) is 9.06. The van der Waals surface area contributed by atoms with E-state index in [-0.39, 0.29) is 24.0 Å². The first-order valence-electron chi connectivity index (χ1n) is 9.06. The number of hydrogen-bond acceptors (Lipinski definition) is 2. The molecule has 134 valence electrons. The molecule has 3 atom stereocenters. The molecule has 2 fully saturated rings. The van der Waals surface area contributed by atoms with E-state index in [4.69, 9.17) is 9.73 Å². The second kappa shape index (κ2) is 9.61. The van der Waals surface area contributed by atoms with E-state index in [0.29, 0.717) is 18.2 Å². The SMILES string of the molecule is CCNC(=NCCc1ccc(CC)cc1)NC1CC2CCC1O2.I. The number of nitrogens with zero attached hydrogens (tertiary/aromatic N) is 1. The number of nitrogens with one attached hydrogen (secondary N) is 2. The molecule has 0 spiro atoms. The fourth-order valence-electron chi connectivity index (χ4n) is 3.52. The molecule has 0 aliphatic carbocycles. The summed E-state index contributed by atoms with van der Waals surface area (Å²) in [4.78, 5) is 4.74. The number of aliphatic imine (C=N–C) groups is 1. The lowest BCUT2D eigenvalue weighted by Crippen LogP contribution is -2.47. The van der Waals surface area contributed by atoms with E-state index in [1.54, 1.807) is 0 Å². The molecule has 1 aromatic carbocycles. The van der Waals surface area contributed by atoms with Gasteiger partial charge >= 0.3 is 0 Å². The minimum absolute atomic E-state index is 0. The Balaban J connectivity index is 0.00000208. The Labute approximate surface area is 162 Å². The molecular formula is C19H30IN3O. The van der Waals surface area contributed by atoms with Crippen LogP contribution in [0.3, 0.4) is 0 Å². The van der Waals surface area contributed by atoms with Crippen molar-refractivity contribution in [2.24, 2.45) is 4.99 Å². The molecule has 2 bridgehead atoms. The number of ether oxygens (including phenoxy) is 1. The number of aryl methyl sites for hydroxylation is 1. The Morgan fingerprint density at radius 3 is 2.50 bits per heavy atom. The van der Waals surface area contributed by atoms with Gasteiger partial charge in [-0.1, -0.05) is 31.2 Å². The number of hydrogen-bond donors (Lipinski definition) is 2. The van der Waals surface area contributed by atoms with Crippen LogP contribution in [-0.4, -0.2) is 37.3 Å². The summed E-state index contributed by atoms with van der Waals surface area (Å²) in [7, 11) is 0. The molecule has 2 N–H and O–H groups in total. The van der Waals surface area contributed by atoms with Crippen molar-refractivity contribution < 1.29 is 4.74 Å². The fraction of sp³-hybridized carbons (Fsp3) is 0.632. The molecule has 3 rings (SSSR count). The molecule has 24 heavy (non-hydrogen) atoms. The van der Waals surface area contributed by atoms with Gasteiger partial charge in [-0.25, -0.2) is 0 Å². The van der Waals surface area contributed by atoms with Crippen molar-refractivity contribution in [2.45, 2.75) is 64.2 Å². The molecule has 0 saturated carbocycles. The van der Waals surface area contributed by atoms with Crippen LogP contribution < -0.4 is 10.6 Å². The van der Waals surface area contributed by atoms with Gasteiger partial charge in [-0.15, -0.1) is 24.0 Å². The van der Waals surface area contributed by atoms with Crippen molar-refractivity contribution in [3.8, 4) is 0 Å². The highest BCUT2D eigenvalue weighted by Gasteiger charge is 2.41. The van der Waals surface area contributed by atoms with Crippen LogP contribution in [0.1, 0.15) is 44.2 Å². The van der Waals surface area contributed by atoms with Crippen LogP contribution in [0.5, 0.6) is 0 Å². The number of fused-ring (bicyclic) bond motifs is 2. The van der Waals surface area contributed by atoms with E-state index >= 15 is 0 Å². The van der Waals surface area contributed by atoms with Gasteiger partial charge in [0.25, 0.3) is 0 Å². The molecule has 2 aliphatic rings. The lowest BCUT2D eigenvalue weighted by atomic mass is 9.96. The number of guanidine groups is 1. The van der Waals surface area contributed by atoms with Crippen molar-refractivity contribution in [3.63, 3.8) is 0 Å². The second-order valence-corrected chi connectivity index (χ2v) is 6.54. The van der Waals surface area contributed by atoms with E-state index in [1.165, 1.54) is 24.0 Å². The number of rotatable bonds is 6. The summed E-state index contributed by atoms with van der Waals surface area (Å²) in [6, 6.07) is 9.30. The van der Waals surface area contributed by atoms with E-state index in [2.05, 4.69) is 48.7 Å². The molecule has 0 aromatic heterocycles. The zero-order valence-electron chi connectivity index (χ0n) is 14.8. The van der Waals surface area contributed by atoms with Crippen molar-refractivity contribution in [1.82, 2.24) is 10.6 Å². The van der Waals surface area contributed by atoms with Crippen LogP contribution in [0.4, 0.5) is 0 Å². The monoisotopic (exact) mass is 443 g/mol. The molecule has 1 aromatic rings. The Morgan fingerprint density at radius 2 is 1.92 bits per heavy atom. The lowest BCUT2D eigenvalue weighted by molar-refractivity contribution is 0.0992. The van der Waals surface area contributed by atoms with Gasteiger partial charge in [-0.2, -0.15) is 0 Å². The quantitative estimate of drug-likeness (QED) is 0.403. The van der Waals surface area contributed by atoms with Gasteiger partial charge in [0.1, 0.15) is 0 Å². The summed E-state index contributed by atoms with van der Waals surface area (Å²) < 4.78 is 5.91. The molecule has 0 radical (unpaired) electrons. The molecule has 2 heterocycles. The lowest BCUT2D eigenvalue weighted by Gasteiger charge is -2.22. The number of halogens is 1. The summed E-state index contributed by atoms with van der Waals surface area (Å²) >= 11 is 0. The van der Waals surface area contributed by atoms with E-state index < -0.39 is 0 Å². The summed E-state index contributed by atoms with van der Waals surface area (Å²) in [5.41, 5.74) is 2.74. The maximum Gasteiger partial charge on any atom is 0.191 e. The van der Waals surface area contributed by atoms with Crippen molar-refractivity contribution in [1.29, 1.82) is 0 Å². The van der Waals surface area contributed by atoms with Crippen LogP contribution in [0.15, 0.2) is 29.3 Å².